The normalized spacial score (nSPS) is 17.5. The van der Waals surface area contributed by atoms with Crippen molar-refractivity contribution in [2.24, 2.45) is 0 Å². The van der Waals surface area contributed by atoms with Gasteiger partial charge in [0.2, 0.25) is 0 Å². The Bertz CT molecular complexity index is 764. The number of benzene rings is 2. The maximum Gasteiger partial charge on any atom is 0.152 e. The van der Waals surface area contributed by atoms with E-state index in [4.69, 9.17) is 4.74 Å². The van der Waals surface area contributed by atoms with Gasteiger partial charge in [0.05, 0.1) is 5.57 Å². The van der Waals surface area contributed by atoms with E-state index in [0.29, 0.717) is 23.4 Å². The number of aliphatic hydroxyl groups is 1. The minimum absolute atomic E-state index is 0.0555. The molecule has 2 aromatic rings. The summed E-state index contributed by atoms with van der Waals surface area (Å²) in [5.41, 5.74) is 2.91. The predicted octanol–water partition coefficient (Wildman–Crippen LogP) is 4.02. The zero-order valence-corrected chi connectivity index (χ0v) is 13.5. The van der Waals surface area contributed by atoms with Gasteiger partial charge in [0.1, 0.15) is 17.6 Å². The number of carbonyl (C=O) groups is 1. The molecule has 1 heterocycles. The number of rotatable bonds is 2. The first kappa shape index (κ1) is 15.5. The molecule has 1 aliphatic rings. The fourth-order valence-electron chi connectivity index (χ4n) is 2.73. The van der Waals surface area contributed by atoms with Gasteiger partial charge in [0.15, 0.2) is 6.29 Å². The van der Waals surface area contributed by atoms with Gasteiger partial charge in [-0.1, -0.05) is 63.2 Å². The Morgan fingerprint density at radius 1 is 1.04 bits per heavy atom. The van der Waals surface area contributed by atoms with Crippen LogP contribution in [0.25, 0.3) is 5.76 Å². The van der Waals surface area contributed by atoms with E-state index in [9.17, 15) is 9.90 Å². The van der Waals surface area contributed by atoms with Crippen LogP contribution in [0, 0.1) is 0 Å². The molecular formula is C20H20O3. The summed E-state index contributed by atoms with van der Waals surface area (Å²) in [5, 5.41) is 10.5. The van der Waals surface area contributed by atoms with Crippen LogP contribution in [0.5, 0.6) is 5.75 Å². The highest BCUT2D eigenvalue weighted by atomic mass is 16.5. The zero-order valence-electron chi connectivity index (χ0n) is 13.5. The molecule has 1 aliphatic heterocycles. The monoisotopic (exact) mass is 308 g/mol. The molecule has 3 heteroatoms. The summed E-state index contributed by atoms with van der Waals surface area (Å²) in [6.45, 7) is 6.44. The van der Waals surface area contributed by atoms with Gasteiger partial charge in [0.25, 0.3) is 0 Å². The average Bonchev–Trinajstić information content (AvgIpc) is 2.54. The molecule has 0 aromatic heterocycles. The van der Waals surface area contributed by atoms with Crippen molar-refractivity contribution in [2.45, 2.75) is 32.3 Å². The number of fused-ring (bicyclic) bond motifs is 1. The number of aldehydes is 1. The van der Waals surface area contributed by atoms with E-state index in [1.54, 1.807) is 12.1 Å². The maximum absolute atomic E-state index is 11.5. The first-order valence-electron chi connectivity index (χ1n) is 7.67. The highest BCUT2D eigenvalue weighted by molar-refractivity contribution is 5.89. The van der Waals surface area contributed by atoms with Crippen molar-refractivity contribution in [2.75, 3.05) is 0 Å². The molecule has 0 unspecified atom stereocenters. The second kappa shape index (κ2) is 5.67. The molecule has 23 heavy (non-hydrogen) atoms. The highest BCUT2D eigenvalue weighted by Gasteiger charge is 2.28. The van der Waals surface area contributed by atoms with E-state index in [-0.39, 0.29) is 11.0 Å². The first-order chi connectivity index (χ1) is 10.9. The number of ether oxygens (including phenoxy) is 1. The summed E-state index contributed by atoms with van der Waals surface area (Å²) in [4.78, 5) is 11.5. The SMILES string of the molecule is CC(C)(C)c1ccc(C2=C(C=O)[C@H](O)c3ccccc3O2)cc1. The van der Waals surface area contributed by atoms with E-state index < -0.39 is 6.10 Å². The van der Waals surface area contributed by atoms with Crippen LogP contribution >= 0.6 is 0 Å². The van der Waals surface area contributed by atoms with Crippen LogP contribution in [-0.2, 0) is 10.2 Å². The molecule has 3 rings (SSSR count). The van der Waals surface area contributed by atoms with Crippen molar-refractivity contribution < 1.29 is 14.6 Å². The Morgan fingerprint density at radius 2 is 1.70 bits per heavy atom. The fourth-order valence-corrected chi connectivity index (χ4v) is 2.73. The van der Waals surface area contributed by atoms with Crippen LogP contribution in [0.1, 0.15) is 43.6 Å². The highest BCUT2D eigenvalue weighted by Crippen LogP contribution is 2.40. The molecule has 0 saturated heterocycles. The molecule has 0 fully saturated rings. The van der Waals surface area contributed by atoms with Crippen molar-refractivity contribution in [3.8, 4) is 5.75 Å². The lowest BCUT2D eigenvalue weighted by atomic mass is 9.86. The van der Waals surface area contributed by atoms with Crippen LogP contribution < -0.4 is 4.74 Å². The molecule has 1 N–H and O–H groups in total. The van der Waals surface area contributed by atoms with Gasteiger partial charge in [0, 0.05) is 11.1 Å². The Balaban J connectivity index is 2.06. The summed E-state index contributed by atoms with van der Waals surface area (Å²) in [6.07, 6.45) is -0.289. The smallest absolute Gasteiger partial charge is 0.152 e. The quantitative estimate of drug-likeness (QED) is 0.852. The predicted molar refractivity (Wildman–Crippen MR) is 90.2 cm³/mol. The van der Waals surface area contributed by atoms with Gasteiger partial charge in [-0.2, -0.15) is 0 Å². The molecule has 0 amide bonds. The van der Waals surface area contributed by atoms with Crippen molar-refractivity contribution in [3.63, 3.8) is 0 Å². The maximum atomic E-state index is 11.5. The number of hydrogen-bond donors (Lipinski definition) is 1. The van der Waals surface area contributed by atoms with Gasteiger partial charge in [-0.3, -0.25) is 4.79 Å². The summed E-state index contributed by atoms with van der Waals surface area (Å²) >= 11 is 0. The Kier molecular flexibility index (Phi) is 3.82. The van der Waals surface area contributed by atoms with Crippen LogP contribution in [0.4, 0.5) is 0 Å². The molecule has 0 spiro atoms. The van der Waals surface area contributed by atoms with E-state index in [1.807, 2.05) is 36.4 Å². The molecule has 2 aromatic carbocycles. The summed E-state index contributed by atoms with van der Waals surface area (Å²) in [5.74, 6) is 1.01. The lowest BCUT2D eigenvalue weighted by molar-refractivity contribution is -0.105. The van der Waals surface area contributed by atoms with Gasteiger partial charge in [-0.25, -0.2) is 0 Å². The standard InChI is InChI=1S/C20H20O3/c1-20(2,3)14-10-8-13(9-11-14)19-16(12-21)18(22)15-6-4-5-7-17(15)23-19/h4-12,18,22H,1-3H3/t18-/m1/s1. The molecule has 0 aliphatic carbocycles. The second-order valence-corrected chi connectivity index (χ2v) is 6.77. The second-order valence-electron chi connectivity index (χ2n) is 6.77. The summed E-state index contributed by atoms with van der Waals surface area (Å²) in [7, 11) is 0. The third-order valence-electron chi connectivity index (χ3n) is 4.12. The Labute approximate surface area is 136 Å². The Hall–Kier alpha value is -2.39. The molecule has 1 atom stereocenters. The third-order valence-corrected chi connectivity index (χ3v) is 4.12. The van der Waals surface area contributed by atoms with Gasteiger partial charge < -0.3 is 9.84 Å². The number of para-hydroxylation sites is 1. The van der Waals surface area contributed by atoms with Crippen LogP contribution in [0.15, 0.2) is 54.1 Å². The zero-order chi connectivity index (χ0) is 16.6. The van der Waals surface area contributed by atoms with Gasteiger partial charge in [-0.15, -0.1) is 0 Å². The number of carbonyl (C=O) groups excluding carboxylic acids is 1. The van der Waals surface area contributed by atoms with Gasteiger partial charge in [-0.05, 0) is 17.0 Å². The molecule has 0 saturated carbocycles. The van der Waals surface area contributed by atoms with Crippen LogP contribution in [0.3, 0.4) is 0 Å². The molecule has 0 bridgehead atoms. The molecular weight excluding hydrogens is 288 g/mol. The lowest BCUT2D eigenvalue weighted by Gasteiger charge is -2.26. The largest absolute Gasteiger partial charge is 0.456 e. The minimum atomic E-state index is -0.963. The summed E-state index contributed by atoms with van der Waals surface area (Å²) < 4.78 is 5.91. The first-order valence-corrected chi connectivity index (χ1v) is 7.67. The Morgan fingerprint density at radius 3 is 2.30 bits per heavy atom. The molecule has 0 radical (unpaired) electrons. The van der Waals surface area contributed by atoms with E-state index in [0.717, 1.165) is 5.56 Å². The van der Waals surface area contributed by atoms with E-state index in [2.05, 4.69) is 20.8 Å². The average molecular weight is 308 g/mol. The lowest BCUT2D eigenvalue weighted by Crippen LogP contribution is -2.16. The third kappa shape index (κ3) is 2.80. The van der Waals surface area contributed by atoms with Crippen molar-refractivity contribution in [3.05, 3.63) is 70.8 Å². The molecule has 118 valence electrons. The van der Waals surface area contributed by atoms with Gasteiger partial charge >= 0.3 is 0 Å². The fraction of sp³-hybridized carbons (Fsp3) is 0.250. The van der Waals surface area contributed by atoms with Crippen molar-refractivity contribution in [1.29, 1.82) is 0 Å². The molecule has 3 nitrogen and oxygen atoms in total. The van der Waals surface area contributed by atoms with E-state index in [1.165, 1.54) is 5.56 Å². The van der Waals surface area contributed by atoms with Crippen molar-refractivity contribution in [1.82, 2.24) is 0 Å². The number of hydrogen-bond acceptors (Lipinski definition) is 3. The van der Waals surface area contributed by atoms with Crippen molar-refractivity contribution >= 4 is 12.0 Å². The minimum Gasteiger partial charge on any atom is -0.456 e. The number of aliphatic hydroxyl groups excluding tert-OH is 1. The summed E-state index contributed by atoms with van der Waals surface area (Å²) in [6, 6.07) is 15.1. The topological polar surface area (TPSA) is 46.5 Å². The van der Waals surface area contributed by atoms with E-state index >= 15 is 0 Å². The van der Waals surface area contributed by atoms with Crippen LogP contribution in [0.2, 0.25) is 0 Å². The van der Waals surface area contributed by atoms with Crippen LogP contribution in [-0.4, -0.2) is 11.4 Å².